The van der Waals surface area contributed by atoms with Gasteiger partial charge in [-0.1, -0.05) is 49.0 Å². The SMILES string of the molecule is CCCCCOc1cc(N2C(=O)C3=CC(CCC3)C2=O)c(Cl)cc1Cl. The van der Waals surface area contributed by atoms with Crippen LogP contribution < -0.4 is 9.64 Å². The highest BCUT2D eigenvalue weighted by Gasteiger charge is 2.39. The molecule has 1 heterocycles. The van der Waals surface area contributed by atoms with E-state index < -0.39 is 0 Å². The van der Waals surface area contributed by atoms with E-state index >= 15 is 0 Å². The zero-order valence-electron chi connectivity index (χ0n) is 14.2. The minimum atomic E-state index is -0.290. The number of halogens is 2. The fourth-order valence-electron chi connectivity index (χ4n) is 3.27. The molecule has 1 aliphatic carbocycles. The lowest BCUT2D eigenvalue weighted by atomic mass is 9.85. The van der Waals surface area contributed by atoms with Gasteiger partial charge in [0.25, 0.3) is 5.91 Å². The minimum absolute atomic E-state index is 0.227. The first-order valence-corrected chi connectivity index (χ1v) is 9.49. The summed E-state index contributed by atoms with van der Waals surface area (Å²) in [5.41, 5.74) is 1.04. The number of carbonyl (C=O) groups is 2. The van der Waals surface area contributed by atoms with Crippen LogP contribution in [0.3, 0.4) is 0 Å². The average molecular weight is 382 g/mol. The fourth-order valence-corrected chi connectivity index (χ4v) is 3.79. The first kappa shape index (κ1) is 18.3. The van der Waals surface area contributed by atoms with E-state index in [0.29, 0.717) is 35.1 Å². The van der Waals surface area contributed by atoms with Gasteiger partial charge in [-0.25, -0.2) is 4.90 Å². The van der Waals surface area contributed by atoms with Crippen LogP contribution in [0.5, 0.6) is 5.75 Å². The predicted molar refractivity (Wildman–Crippen MR) is 99.4 cm³/mol. The Bertz CT molecular complexity index is 730. The second-order valence-corrected chi connectivity index (χ2v) is 7.27. The van der Waals surface area contributed by atoms with E-state index in [1.807, 2.05) is 0 Å². The van der Waals surface area contributed by atoms with Crippen molar-refractivity contribution in [3.05, 3.63) is 33.8 Å². The van der Waals surface area contributed by atoms with Crippen LogP contribution in [0, 0.1) is 5.92 Å². The summed E-state index contributed by atoms with van der Waals surface area (Å²) < 4.78 is 5.74. The smallest absolute Gasteiger partial charge is 0.260 e. The van der Waals surface area contributed by atoms with Crippen molar-refractivity contribution in [3.8, 4) is 5.75 Å². The lowest BCUT2D eigenvalue weighted by Gasteiger charge is -2.33. The molecule has 0 saturated heterocycles. The van der Waals surface area contributed by atoms with E-state index in [1.165, 1.54) is 11.0 Å². The molecule has 4 nitrogen and oxygen atoms in total. The Kier molecular flexibility index (Phi) is 5.70. The lowest BCUT2D eigenvalue weighted by Crippen LogP contribution is -2.46. The summed E-state index contributed by atoms with van der Waals surface area (Å²) in [5.74, 6) is -0.318. The second-order valence-electron chi connectivity index (χ2n) is 6.46. The molecule has 0 fully saturated rings. The molecule has 25 heavy (non-hydrogen) atoms. The number of ether oxygens (including phenoxy) is 1. The molecule has 2 bridgehead atoms. The molecule has 3 rings (SSSR count). The van der Waals surface area contributed by atoms with Gasteiger partial charge >= 0.3 is 0 Å². The van der Waals surface area contributed by atoms with Crippen molar-refractivity contribution >= 4 is 40.7 Å². The Balaban J connectivity index is 1.90. The van der Waals surface area contributed by atoms with Crippen molar-refractivity contribution in [2.75, 3.05) is 11.5 Å². The Morgan fingerprint density at radius 2 is 2.00 bits per heavy atom. The molecule has 1 aliphatic heterocycles. The van der Waals surface area contributed by atoms with Gasteiger partial charge in [0.05, 0.1) is 28.3 Å². The van der Waals surface area contributed by atoms with E-state index in [-0.39, 0.29) is 22.8 Å². The van der Waals surface area contributed by atoms with Crippen molar-refractivity contribution in [1.29, 1.82) is 0 Å². The predicted octanol–water partition coefficient (Wildman–Crippen LogP) is 5.16. The van der Waals surface area contributed by atoms with Gasteiger partial charge in [0.2, 0.25) is 5.91 Å². The first-order chi connectivity index (χ1) is 12.0. The number of fused-ring (bicyclic) bond motifs is 1. The maximum absolute atomic E-state index is 12.7. The summed E-state index contributed by atoms with van der Waals surface area (Å²) in [6.45, 7) is 2.65. The number of carbonyl (C=O) groups excluding carboxylic acids is 2. The second kappa shape index (κ2) is 7.79. The van der Waals surface area contributed by atoms with Crippen LogP contribution in [0.2, 0.25) is 10.0 Å². The molecular weight excluding hydrogens is 361 g/mol. The quantitative estimate of drug-likeness (QED) is 0.504. The van der Waals surface area contributed by atoms with E-state index in [9.17, 15) is 9.59 Å². The number of anilines is 1. The molecule has 1 aromatic carbocycles. The number of amides is 2. The maximum atomic E-state index is 12.7. The Hall–Kier alpha value is -1.52. The van der Waals surface area contributed by atoms with Gasteiger partial charge in [-0.15, -0.1) is 0 Å². The van der Waals surface area contributed by atoms with Crippen molar-refractivity contribution < 1.29 is 14.3 Å². The third-order valence-electron chi connectivity index (χ3n) is 4.63. The van der Waals surface area contributed by atoms with E-state index in [1.54, 1.807) is 12.1 Å². The van der Waals surface area contributed by atoms with Crippen molar-refractivity contribution in [2.45, 2.75) is 45.4 Å². The fraction of sp³-hybridized carbons (Fsp3) is 0.474. The van der Waals surface area contributed by atoms with E-state index in [0.717, 1.165) is 32.1 Å². The third-order valence-corrected chi connectivity index (χ3v) is 5.22. The Labute approximate surface area is 157 Å². The number of unbranched alkanes of at least 4 members (excludes halogenated alkanes) is 2. The Morgan fingerprint density at radius 3 is 2.76 bits per heavy atom. The van der Waals surface area contributed by atoms with Gasteiger partial charge < -0.3 is 4.74 Å². The largest absolute Gasteiger partial charge is 0.492 e. The van der Waals surface area contributed by atoms with E-state index in [2.05, 4.69) is 6.92 Å². The molecule has 0 aromatic heterocycles. The molecule has 1 aromatic rings. The number of rotatable bonds is 6. The summed E-state index contributed by atoms with van der Waals surface area (Å²) in [7, 11) is 0. The van der Waals surface area contributed by atoms with Gasteiger partial charge in [0.1, 0.15) is 5.75 Å². The van der Waals surface area contributed by atoms with Crippen LogP contribution in [-0.4, -0.2) is 18.4 Å². The molecule has 134 valence electrons. The van der Waals surface area contributed by atoms with Gasteiger partial charge in [-0.2, -0.15) is 0 Å². The summed E-state index contributed by atoms with van der Waals surface area (Å²) in [6.07, 6.45) is 7.20. The van der Waals surface area contributed by atoms with Gasteiger partial charge in [0.15, 0.2) is 0 Å². The number of benzene rings is 1. The lowest BCUT2D eigenvalue weighted by molar-refractivity contribution is -0.128. The van der Waals surface area contributed by atoms with Crippen LogP contribution in [0.25, 0.3) is 0 Å². The monoisotopic (exact) mass is 381 g/mol. The van der Waals surface area contributed by atoms with Crippen LogP contribution in [-0.2, 0) is 9.59 Å². The highest BCUT2D eigenvalue weighted by molar-refractivity contribution is 6.39. The van der Waals surface area contributed by atoms with Gasteiger partial charge in [-0.3, -0.25) is 9.59 Å². The summed E-state index contributed by atoms with van der Waals surface area (Å²) in [6, 6.07) is 3.14. The molecule has 0 N–H and O–H groups in total. The number of nitrogens with zero attached hydrogens (tertiary/aromatic N) is 1. The maximum Gasteiger partial charge on any atom is 0.260 e. The molecule has 2 aliphatic rings. The zero-order chi connectivity index (χ0) is 18.0. The first-order valence-electron chi connectivity index (χ1n) is 8.73. The highest BCUT2D eigenvalue weighted by atomic mass is 35.5. The number of imide groups is 1. The van der Waals surface area contributed by atoms with Crippen LogP contribution >= 0.6 is 23.2 Å². The van der Waals surface area contributed by atoms with Gasteiger partial charge in [-0.05, 0) is 31.7 Å². The van der Waals surface area contributed by atoms with Crippen LogP contribution in [0.4, 0.5) is 5.69 Å². The van der Waals surface area contributed by atoms with E-state index in [4.69, 9.17) is 27.9 Å². The van der Waals surface area contributed by atoms with Crippen LogP contribution in [0.15, 0.2) is 23.8 Å². The summed E-state index contributed by atoms with van der Waals surface area (Å²) >= 11 is 12.5. The molecular formula is C19H21Cl2NO3. The molecule has 1 atom stereocenters. The number of hydrogen-bond donors (Lipinski definition) is 0. The van der Waals surface area contributed by atoms with Crippen LogP contribution in [0.1, 0.15) is 45.4 Å². The Morgan fingerprint density at radius 1 is 1.20 bits per heavy atom. The summed E-state index contributed by atoms with van der Waals surface area (Å²) in [4.78, 5) is 26.6. The summed E-state index contributed by atoms with van der Waals surface area (Å²) in [5, 5.41) is 0.648. The average Bonchev–Trinajstić information content (AvgIpc) is 2.60. The van der Waals surface area contributed by atoms with Gasteiger partial charge in [0, 0.05) is 11.6 Å². The molecule has 1 unspecified atom stereocenters. The number of hydrogen-bond acceptors (Lipinski definition) is 3. The van der Waals surface area contributed by atoms with Crippen molar-refractivity contribution in [1.82, 2.24) is 0 Å². The molecule has 6 heteroatoms. The van der Waals surface area contributed by atoms with Crippen molar-refractivity contribution in [2.24, 2.45) is 5.92 Å². The standard InChI is InChI=1S/C19H21Cl2NO3/c1-2-3-4-8-25-17-11-16(14(20)10-15(17)21)22-18(23)12-6-5-7-13(9-12)19(22)24/h9-12H,2-8H2,1H3. The molecule has 0 saturated carbocycles. The highest BCUT2D eigenvalue weighted by Crippen LogP contribution is 2.40. The normalized spacial score (nSPS) is 19.9. The zero-order valence-corrected chi connectivity index (χ0v) is 15.7. The topological polar surface area (TPSA) is 46.6 Å². The minimum Gasteiger partial charge on any atom is -0.492 e. The molecule has 2 amide bonds. The molecule has 0 spiro atoms. The van der Waals surface area contributed by atoms with Crippen molar-refractivity contribution in [3.63, 3.8) is 0 Å². The molecule has 0 radical (unpaired) electrons. The third kappa shape index (κ3) is 3.70.